The van der Waals surface area contributed by atoms with Crippen molar-refractivity contribution in [3.63, 3.8) is 0 Å². The molecular formula is C14H18ClNO2. The molecule has 1 fully saturated rings. The highest BCUT2D eigenvalue weighted by Crippen LogP contribution is 2.36. The zero-order valence-electron chi connectivity index (χ0n) is 10.8. The summed E-state index contributed by atoms with van der Waals surface area (Å²) in [6.45, 7) is 4.51. The monoisotopic (exact) mass is 267 g/mol. The second-order valence-corrected chi connectivity index (χ2v) is 6.03. The summed E-state index contributed by atoms with van der Waals surface area (Å²) < 4.78 is 5.49. The van der Waals surface area contributed by atoms with E-state index in [1.165, 1.54) is 6.20 Å². The summed E-state index contributed by atoms with van der Waals surface area (Å²) in [4.78, 5) is 15.8. The van der Waals surface area contributed by atoms with Crippen molar-refractivity contribution in [2.45, 2.75) is 45.6 Å². The van der Waals surface area contributed by atoms with Crippen LogP contribution in [0.25, 0.3) is 0 Å². The maximum absolute atomic E-state index is 11.9. The topological polar surface area (TPSA) is 39.2 Å². The fourth-order valence-corrected chi connectivity index (χ4v) is 2.42. The second kappa shape index (κ2) is 5.27. The molecule has 1 aromatic heterocycles. The van der Waals surface area contributed by atoms with Gasteiger partial charge in [-0.25, -0.2) is 4.79 Å². The van der Waals surface area contributed by atoms with E-state index in [-0.39, 0.29) is 12.1 Å². The van der Waals surface area contributed by atoms with Crippen LogP contribution in [0.2, 0.25) is 5.02 Å². The van der Waals surface area contributed by atoms with Gasteiger partial charge in [-0.1, -0.05) is 25.4 Å². The lowest BCUT2D eigenvalue weighted by Gasteiger charge is -2.33. The van der Waals surface area contributed by atoms with Gasteiger partial charge in [0.2, 0.25) is 0 Å². The highest BCUT2D eigenvalue weighted by molar-refractivity contribution is 6.33. The number of carbonyl (C=O) groups excluding carboxylic acids is 1. The van der Waals surface area contributed by atoms with Gasteiger partial charge in [-0.05, 0) is 37.2 Å². The minimum atomic E-state index is -0.363. The molecule has 1 aliphatic carbocycles. The quantitative estimate of drug-likeness (QED) is 0.764. The molecule has 0 bridgehead atoms. The van der Waals surface area contributed by atoms with Crippen LogP contribution >= 0.6 is 11.6 Å². The molecule has 4 heteroatoms. The summed E-state index contributed by atoms with van der Waals surface area (Å²) in [5.74, 6) is -0.363. The van der Waals surface area contributed by atoms with Crippen molar-refractivity contribution in [1.82, 2.24) is 4.98 Å². The maximum atomic E-state index is 11.9. The molecule has 0 radical (unpaired) electrons. The van der Waals surface area contributed by atoms with Gasteiger partial charge >= 0.3 is 5.97 Å². The van der Waals surface area contributed by atoms with E-state index in [2.05, 4.69) is 18.8 Å². The Bertz CT molecular complexity index is 435. The highest BCUT2D eigenvalue weighted by atomic mass is 35.5. The summed E-state index contributed by atoms with van der Waals surface area (Å²) >= 11 is 5.94. The number of halogens is 1. The maximum Gasteiger partial charge on any atom is 0.341 e. The van der Waals surface area contributed by atoms with Gasteiger partial charge in [0.05, 0.1) is 10.6 Å². The summed E-state index contributed by atoms with van der Waals surface area (Å²) in [5, 5.41) is 0.395. The number of ether oxygens (including phenoxy) is 1. The molecule has 0 aromatic carbocycles. The lowest BCUT2D eigenvalue weighted by atomic mass is 9.76. The molecule has 0 amide bonds. The molecular weight excluding hydrogens is 250 g/mol. The molecule has 0 N–H and O–H groups in total. The smallest absolute Gasteiger partial charge is 0.341 e. The van der Waals surface area contributed by atoms with Crippen LogP contribution in [0.1, 0.15) is 49.9 Å². The first-order valence-electron chi connectivity index (χ1n) is 6.28. The van der Waals surface area contributed by atoms with Gasteiger partial charge in [0, 0.05) is 12.4 Å². The Labute approximate surface area is 113 Å². The van der Waals surface area contributed by atoms with Crippen LogP contribution in [0.4, 0.5) is 0 Å². The van der Waals surface area contributed by atoms with E-state index in [1.807, 2.05) is 0 Å². The highest BCUT2D eigenvalue weighted by Gasteiger charge is 2.29. The van der Waals surface area contributed by atoms with Crippen LogP contribution in [-0.2, 0) is 4.74 Å². The van der Waals surface area contributed by atoms with E-state index < -0.39 is 0 Å². The third-order valence-corrected chi connectivity index (χ3v) is 3.88. The number of pyridine rings is 1. The number of nitrogens with zero attached hydrogens (tertiary/aromatic N) is 1. The molecule has 2 rings (SSSR count). The van der Waals surface area contributed by atoms with E-state index in [4.69, 9.17) is 16.3 Å². The molecule has 0 saturated heterocycles. The first-order valence-corrected chi connectivity index (χ1v) is 6.66. The number of esters is 1. The molecule has 98 valence electrons. The van der Waals surface area contributed by atoms with E-state index in [0.29, 0.717) is 16.0 Å². The third-order valence-electron chi connectivity index (χ3n) is 3.55. The third kappa shape index (κ3) is 3.22. The molecule has 1 aliphatic rings. The zero-order valence-corrected chi connectivity index (χ0v) is 11.5. The van der Waals surface area contributed by atoms with Gasteiger partial charge in [0.25, 0.3) is 0 Å². The van der Waals surface area contributed by atoms with E-state index >= 15 is 0 Å². The predicted molar refractivity (Wildman–Crippen MR) is 70.7 cm³/mol. The van der Waals surface area contributed by atoms with Crippen molar-refractivity contribution in [2.75, 3.05) is 0 Å². The average molecular weight is 268 g/mol. The number of hydrogen-bond donors (Lipinski definition) is 0. The van der Waals surface area contributed by atoms with E-state index in [1.54, 1.807) is 12.3 Å². The zero-order chi connectivity index (χ0) is 13.2. The molecule has 1 heterocycles. The Morgan fingerprint density at radius 3 is 2.72 bits per heavy atom. The Morgan fingerprint density at radius 1 is 1.44 bits per heavy atom. The lowest BCUT2D eigenvalue weighted by Crippen LogP contribution is -2.28. The SMILES string of the molecule is CC1(C)CCC(OC(=O)c2cnccc2Cl)CC1. The summed E-state index contributed by atoms with van der Waals surface area (Å²) in [5.41, 5.74) is 0.721. The van der Waals surface area contributed by atoms with Gasteiger partial charge in [-0.15, -0.1) is 0 Å². The molecule has 0 aliphatic heterocycles. The second-order valence-electron chi connectivity index (χ2n) is 5.62. The minimum absolute atomic E-state index is 0.0156. The van der Waals surface area contributed by atoms with Gasteiger partial charge in [0.1, 0.15) is 6.10 Å². The average Bonchev–Trinajstić information content (AvgIpc) is 2.32. The lowest BCUT2D eigenvalue weighted by molar-refractivity contribution is 0.00949. The molecule has 18 heavy (non-hydrogen) atoms. The van der Waals surface area contributed by atoms with Crippen molar-refractivity contribution in [3.05, 3.63) is 29.0 Å². The fraction of sp³-hybridized carbons (Fsp3) is 0.571. The van der Waals surface area contributed by atoms with Crippen LogP contribution in [0, 0.1) is 5.41 Å². The van der Waals surface area contributed by atoms with Crippen LogP contribution < -0.4 is 0 Å². The Morgan fingerprint density at radius 2 is 2.11 bits per heavy atom. The van der Waals surface area contributed by atoms with Crippen LogP contribution in [0.15, 0.2) is 18.5 Å². The Hall–Kier alpha value is -1.09. The standard InChI is InChI=1S/C14H18ClNO2/c1-14(2)6-3-10(4-7-14)18-13(17)11-9-16-8-5-12(11)15/h5,8-10H,3-4,6-7H2,1-2H3. The van der Waals surface area contributed by atoms with Gasteiger partial charge in [-0.2, -0.15) is 0 Å². The first-order chi connectivity index (χ1) is 8.48. The Kier molecular flexibility index (Phi) is 3.91. The van der Waals surface area contributed by atoms with E-state index in [0.717, 1.165) is 25.7 Å². The normalized spacial score (nSPS) is 19.5. The molecule has 0 unspecified atom stereocenters. The van der Waals surface area contributed by atoms with Crippen molar-refractivity contribution >= 4 is 17.6 Å². The van der Waals surface area contributed by atoms with Crippen molar-refractivity contribution in [2.24, 2.45) is 5.41 Å². The van der Waals surface area contributed by atoms with Crippen molar-refractivity contribution < 1.29 is 9.53 Å². The molecule has 3 nitrogen and oxygen atoms in total. The minimum Gasteiger partial charge on any atom is -0.459 e. The molecule has 0 atom stereocenters. The van der Waals surface area contributed by atoms with Gasteiger partial charge in [-0.3, -0.25) is 4.98 Å². The fourth-order valence-electron chi connectivity index (χ4n) is 2.23. The number of aromatic nitrogens is 1. The predicted octanol–water partition coefficient (Wildman–Crippen LogP) is 3.86. The van der Waals surface area contributed by atoms with Gasteiger partial charge < -0.3 is 4.74 Å². The number of carbonyl (C=O) groups is 1. The molecule has 0 spiro atoms. The van der Waals surface area contributed by atoms with Gasteiger partial charge in [0.15, 0.2) is 0 Å². The van der Waals surface area contributed by atoms with E-state index in [9.17, 15) is 4.79 Å². The van der Waals surface area contributed by atoms with Crippen LogP contribution in [0.5, 0.6) is 0 Å². The Balaban J connectivity index is 1.95. The molecule has 1 saturated carbocycles. The molecule has 1 aromatic rings. The van der Waals surface area contributed by atoms with Crippen molar-refractivity contribution in [3.8, 4) is 0 Å². The number of hydrogen-bond acceptors (Lipinski definition) is 3. The van der Waals surface area contributed by atoms with Crippen LogP contribution in [-0.4, -0.2) is 17.1 Å². The summed E-state index contributed by atoms with van der Waals surface area (Å²) in [6.07, 6.45) is 7.06. The first kappa shape index (κ1) is 13.3. The van der Waals surface area contributed by atoms with Crippen molar-refractivity contribution in [1.29, 1.82) is 0 Å². The summed E-state index contributed by atoms with van der Waals surface area (Å²) in [6, 6.07) is 1.60. The largest absolute Gasteiger partial charge is 0.459 e. The summed E-state index contributed by atoms with van der Waals surface area (Å²) in [7, 11) is 0. The van der Waals surface area contributed by atoms with Crippen LogP contribution in [0.3, 0.4) is 0 Å². The number of rotatable bonds is 2.